The summed E-state index contributed by atoms with van der Waals surface area (Å²) in [6.45, 7) is 0. The van der Waals surface area contributed by atoms with Gasteiger partial charge in [0.1, 0.15) is 11.9 Å². The minimum Gasteiger partial charge on any atom is -0.486 e. The molecule has 2 aliphatic rings. The largest absolute Gasteiger partial charge is 0.486 e. The molecule has 0 saturated heterocycles. The predicted octanol–water partition coefficient (Wildman–Crippen LogP) is 0.514. The molecule has 4 rings (SSSR count). The Morgan fingerprint density at radius 1 is 1.41 bits per heavy atom. The van der Waals surface area contributed by atoms with Crippen molar-refractivity contribution >= 4 is 11.6 Å². The Kier molecular flexibility index (Phi) is 3.00. The van der Waals surface area contributed by atoms with Crippen molar-refractivity contribution in [3.05, 3.63) is 42.2 Å². The number of benzene rings is 1. The molecule has 2 heterocycles. The zero-order chi connectivity index (χ0) is 15.1. The van der Waals surface area contributed by atoms with Crippen LogP contribution in [0.4, 0.5) is 5.69 Å². The molecule has 1 aliphatic carbocycles. The predicted molar refractivity (Wildman–Crippen MR) is 78.7 cm³/mol. The molecule has 1 fully saturated rings. The minimum absolute atomic E-state index is 0.167. The summed E-state index contributed by atoms with van der Waals surface area (Å²) in [5.74, 6) is 0.520. The van der Waals surface area contributed by atoms with E-state index >= 15 is 0 Å². The normalized spacial score (nSPS) is 29.0. The average Bonchev–Trinajstić information content (AvgIpc) is 3.15. The maximum Gasteiger partial charge on any atom is 0.254 e. The highest BCUT2D eigenvalue weighted by Gasteiger charge is 2.46. The van der Waals surface area contributed by atoms with Crippen LogP contribution in [0.5, 0.6) is 5.75 Å². The van der Waals surface area contributed by atoms with E-state index < -0.39 is 6.10 Å². The van der Waals surface area contributed by atoms with Crippen molar-refractivity contribution in [2.75, 3.05) is 5.32 Å². The lowest BCUT2D eigenvalue weighted by atomic mass is 10.1. The molecule has 114 valence electrons. The fourth-order valence-corrected chi connectivity index (χ4v) is 3.11. The van der Waals surface area contributed by atoms with E-state index in [1.165, 1.54) is 12.4 Å². The number of hydrogen-bond donors (Lipinski definition) is 4. The third-order valence-corrected chi connectivity index (χ3v) is 4.23. The van der Waals surface area contributed by atoms with Crippen molar-refractivity contribution in [1.29, 1.82) is 0 Å². The van der Waals surface area contributed by atoms with E-state index in [0.717, 1.165) is 11.4 Å². The number of carbonyl (C=O) groups is 1. The summed E-state index contributed by atoms with van der Waals surface area (Å²) < 4.78 is 5.94. The van der Waals surface area contributed by atoms with Crippen LogP contribution < -0.4 is 15.4 Å². The van der Waals surface area contributed by atoms with Gasteiger partial charge in [0, 0.05) is 12.6 Å². The van der Waals surface area contributed by atoms with Crippen LogP contribution in [0.2, 0.25) is 0 Å². The Morgan fingerprint density at radius 2 is 2.27 bits per heavy atom. The number of aliphatic hydroxyl groups excluding tert-OH is 1. The molecule has 0 spiro atoms. The van der Waals surface area contributed by atoms with Crippen molar-refractivity contribution in [3.63, 3.8) is 0 Å². The molecule has 1 aromatic carbocycles. The highest BCUT2D eigenvalue weighted by molar-refractivity contribution is 5.93. The summed E-state index contributed by atoms with van der Waals surface area (Å²) >= 11 is 0. The number of anilines is 1. The van der Waals surface area contributed by atoms with Gasteiger partial charge >= 0.3 is 0 Å². The van der Waals surface area contributed by atoms with Gasteiger partial charge in [0.15, 0.2) is 0 Å². The van der Waals surface area contributed by atoms with E-state index in [-0.39, 0.29) is 24.1 Å². The number of hydrogen-bond acceptors (Lipinski definition) is 5. The highest BCUT2D eigenvalue weighted by Crippen LogP contribution is 2.37. The summed E-state index contributed by atoms with van der Waals surface area (Å²) in [6, 6.07) is 7.03. The van der Waals surface area contributed by atoms with Crippen LogP contribution >= 0.6 is 0 Å². The molecule has 0 bridgehead atoms. The second-order valence-corrected chi connectivity index (χ2v) is 5.62. The fraction of sp³-hybridized carbons (Fsp3) is 0.333. The van der Waals surface area contributed by atoms with Crippen molar-refractivity contribution in [2.24, 2.45) is 0 Å². The Hall–Kier alpha value is -2.54. The van der Waals surface area contributed by atoms with Gasteiger partial charge in [0.05, 0.1) is 35.6 Å². The van der Waals surface area contributed by atoms with Crippen LogP contribution in [0.1, 0.15) is 16.8 Å². The van der Waals surface area contributed by atoms with Crippen LogP contribution in [0.3, 0.4) is 0 Å². The molecule has 0 unspecified atom stereocenters. The molecule has 1 aromatic heterocycles. The summed E-state index contributed by atoms with van der Waals surface area (Å²) in [7, 11) is 0. The molecule has 4 N–H and O–H groups in total. The topological polar surface area (TPSA) is 99.3 Å². The van der Waals surface area contributed by atoms with Crippen LogP contribution in [0.15, 0.2) is 36.7 Å². The van der Waals surface area contributed by atoms with Gasteiger partial charge in [-0.2, -0.15) is 5.10 Å². The lowest BCUT2D eigenvalue weighted by molar-refractivity contribution is 0.0853. The first-order chi connectivity index (χ1) is 10.7. The number of nitrogens with one attached hydrogen (secondary N) is 3. The Bertz CT molecular complexity index is 688. The monoisotopic (exact) mass is 300 g/mol. The third kappa shape index (κ3) is 2.10. The maximum absolute atomic E-state index is 12.1. The molecule has 4 atom stereocenters. The maximum atomic E-state index is 12.1. The van der Waals surface area contributed by atoms with E-state index in [4.69, 9.17) is 4.74 Å². The van der Waals surface area contributed by atoms with Crippen LogP contribution in [-0.4, -0.2) is 45.5 Å². The molecule has 7 nitrogen and oxygen atoms in total. The van der Waals surface area contributed by atoms with E-state index in [9.17, 15) is 9.90 Å². The summed E-state index contributed by atoms with van der Waals surface area (Å²) in [5, 5.41) is 23.0. The van der Waals surface area contributed by atoms with E-state index in [2.05, 4.69) is 20.8 Å². The summed E-state index contributed by atoms with van der Waals surface area (Å²) in [6.07, 6.45) is 2.65. The highest BCUT2D eigenvalue weighted by atomic mass is 16.5. The number of ether oxygens (including phenoxy) is 1. The number of aromatic amines is 1. The molecular formula is C15H16N4O3. The fourth-order valence-electron chi connectivity index (χ4n) is 3.11. The Labute approximate surface area is 126 Å². The second kappa shape index (κ2) is 5.03. The first-order valence-electron chi connectivity index (χ1n) is 7.22. The minimum atomic E-state index is -0.714. The van der Waals surface area contributed by atoms with Gasteiger partial charge in [-0.3, -0.25) is 9.89 Å². The van der Waals surface area contributed by atoms with Gasteiger partial charge in [-0.25, -0.2) is 0 Å². The van der Waals surface area contributed by atoms with E-state index in [1.54, 1.807) is 0 Å². The average molecular weight is 300 g/mol. The molecule has 1 amide bonds. The van der Waals surface area contributed by atoms with Crippen molar-refractivity contribution in [1.82, 2.24) is 15.5 Å². The van der Waals surface area contributed by atoms with Gasteiger partial charge < -0.3 is 20.5 Å². The van der Waals surface area contributed by atoms with Gasteiger partial charge in [-0.05, 0) is 12.1 Å². The number of aromatic nitrogens is 2. The molecule has 1 saturated carbocycles. The third-order valence-electron chi connectivity index (χ3n) is 4.23. The first kappa shape index (κ1) is 13.1. The van der Waals surface area contributed by atoms with Crippen LogP contribution in [0.25, 0.3) is 0 Å². The molecule has 0 radical (unpaired) electrons. The Balaban J connectivity index is 1.49. The summed E-state index contributed by atoms with van der Waals surface area (Å²) in [4.78, 5) is 12.1. The molecular weight excluding hydrogens is 284 g/mol. The van der Waals surface area contributed by atoms with Crippen LogP contribution in [0, 0.1) is 0 Å². The number of aliphatic hydroxyl groups is 1. The second-order valence-electron chi connectivity index (χ2n) is 5.62. The lowest BCUT2D eigenvalue weighted by Crippen LogP contribution is -2.47. The number of nitrogens with zero attached hydrogens (tertiary/aromatic N) is 1. The van der Waals surface area contributed by atoms with Crippen molar-refractivity contribution in [2.45, 2.75) is 30.7 Å². The number of amides is 1. The standard InChI is InChI=1S/C15H16N4O3/c20-14-10(19-15(21)8-6-16-17-7-8)5-12-13(14)18-9-3-1-2-4-11(9)22-12/h1-4,6-7,10,12-14,18,20H,5H2,(H,16,17)(H,19,21)/t10-,12-,13-,14-/m1/s1. The zero-order valence-electron chi connectivity index (χ0n) is 11.7. The van der Waals surface area contributed by atoms with Gasteiger partial charge in [0.2, 0.25) is 0 Å². The molecule has 7 heteroatoms. The number of fused-ring (bicyclic) bond motifs is 2. The molecule has 1 aliphatic heterocycles. The number of para-hydroxylation sites is 2. The quantitative estimate of drug-likeness (QED) is 0.648. The molecule has 22 heavy (non-hydrogen) atoms. The molecule has 2 aromatic rings. The zero-order valence-corrected chi connectivity index (χ0v) is 11.7. The first-order valence-corrected chi connectivity index (χ1v) is 7.22. The Morgan fingerprint density at radius 3 is 3.09 bits per heavy atom. The number of carbonyl (C=O) groups excluding carboxylic acids is 1. The summed E-state index contributed by atoms with van der Waals surface area (Å²) in [5.41, 5.74) is 1.31. The van der Waals surface area contributed by atoms with Crippen molar-refractivity contribution in [3.8, 4) is 5.75 Å². The van der Waals surface area contributed by atoms with Gasteiger partial charge in [-0.15, -0.1) is 0 Å². The van der Waals surface area contributed by atoms with E-state index in [0.29, 0.717) is 12.0 Å². The number of rotatable bonds is 2. The smallest absolute Gasteiger partial charge is 0.254 e. The SMILES string of the molecule is O=C(N[C@@H]1C[C@H]2Oc3ccccc3N[C@H]2[C@@H]1O)c1cn[nH]c1. The van der Waals surface area contributed by atoms with Crippen LogP contribution in [-0.2, 0) is 0 Å². The van der Waals surface area contributed by atoms with Gasteiger partial charge in [0.25, 0.3) is 5.91 Å². The van der Waals surface area contributed by atoms with Gasteiger partial charge in [-0.1, -0.05) is 12.1 Å². The van der Waals surface area contributed by atoms with E-state index in [1.807, 2.05) is 24.3 Å². The number of H-pyrrole nitrogens is 1. The van der Waals surface area contributed by atoms with Crippen molar-refractivity contribution < 1.29 is 14.6 Å². The lowest BCUT2D eigenvalue weighted by Gasteiger charge is -2.31.